The molecular formula is C21H24N2. The highest BCUT2D eigenvalue weighted by atomic mass is 15.4. The van der Waals surface area contributed by atoms with Crippen molar-refractivity contribution in [1.82, 2.24) is 4.90 Å². The van der Waals surface area contributed by atoms with Crippen LogP contribution in [0.15, 0.2) is 48.5 Å². The van der Waals surface area contributed by atoms with Crippen molar-refractivity contribution >= 4 is 17.3 Å². The predicted molar refractivity (Wildman–Crippen MR) is 98.4 cm³/mol. The van der Waals surface area contributed by atoms with E-state index in [0.717, 1.165) is 19.6 Å². The molecule has 2 aromatic rings. The highest BCUT2D eigenvalue weighted by molar-refractivity contribution is 6.03. The zero-order valence-electron chi connectivity index (χ0n) is 14.2. The minimum Gasteiger partial charge on any atom is -0.345 e. The molecular weight excluding hydrogens is 280 g/mol. The van der Waals surface area contributed by atoms with Gasteiger partial charge in [-0.05, 0) is 37.7 Å². The Morgan fingerprint density at radius 2 is 1.61 bits per heavy atom. The number of hydrogen-bond acceptors (Lipinski definition) is 2. The summed E-state index contributed by atoms with van der Waals surface area (Å²) in [4.78, 5) is 5.20. The van der Waals surface area contributed by atoms with Gasteiger partial charge in [-0.2, -0.15) is 0 Å². The summed E-state index contributed by atoms with van der Waals surface area (Å²) in [5.41, 5.74) is 6.84. The zero-order valence-corrected chi connectivity index (χ0v) is 14.2. The number of fused-ring (bicyclic) bond motifs is 5. The summed E-state index contributed by atoms with van der Waals surface area (Å²) in [6, 6.07) is 17.8. The van der Waals surface area contributed by atoms with Gasteiger partial charge in [-0.1, -0.05) is 56.3 Å². The highest BCUT2D eigenvalue weighted by Gasteiger charge is 2.54. The first-order valence-electron chi connectivity index (χ1n) is 8.72. The second-order valence-corrected chi connectivity index (χ2v) is 6.25. The minimum absolute atomic E-state index is 0.140. The molecule has 1 atom stereocenters. The molecule has 0 fully saturated rings. The molecule has 0 N–H and O–H groups in total. The van der Waals surface area contributed by atoms with Crippen LogP contribution in [0.1, 0.15) is 37.5 Å². The van der Waals surface area contributed by atoms with Crippen molar-refractivity contribution in [2.24, 2.45) is 0 Å². The first kappa shape index (κ1) is 14.5. The summed E-state index contributed by atoms with van der Waals surface area (Å²) < 4.78 is 0. The Morgan fingerprint density at radius 3 is 2.35 bits per heavy atom. The Labute approximate surface area is 139 Å². The molecule has 2 aliphatic rings. The standard InChI is InChI=1S/C21H24N2/c1-4-22(5-2)21-18-13-9-7-11-16(18)15-19(21)17-12-8-10-14-20(17)23(21)6-3/h7-15H,4-6H2,1-3H3. The van der Waals surface area contributed by atoms with Gasteiger partial charge in [0.05, 0.1) is 0 Å². The number of hydrogen-bond donors (Lipinski definition) is 0. The van der Waals surface area contributed by atoms with Crippen molar-refractivity contribution in [2.75, 3.05) is 24.5 Å². The van der Waals surface area contributed by atoms with Gasteiger partial charge in [-0.15, -0.1) is 0 Å². The van der Waals surface area contributed by atoms with Gasteiger partial charge in [0.25, 0.3) is 0 Å². The lowest BCUT2D eigenvalue weighted by Crippen LogP contribution is -2.55. The van der Waals surface area contributed by atoms with Crippen molar-refractivity contribution in [1.29, 1.82) is 0 Å². The summed E-state index contributed by atoms with van der Waals surface area (Å²) in [5, 5.41) is 0. The van der Waals surface area contributed by atoms with E-state index >= 15 is 0 Å². The Balaban J connectivity index is 2.06. The van der Waals surface area contributed by atoms with Crippen LogP contribution >= 0.6 is 0 Å². The zero-order chi connectivity index (χ0) is 16.0. The Kier molecular flexibility index (Phi) is 3.31. The summed E-state index contributed by atoms with van der Waals surface area (Å²) in [6.07, 6.45) is 2.40. The second-order valence-electron chi connectivity index (χ2n) is 6.25. The second kappa shape index (κ2) is 5.24. The molecule has 4 rings (SSSR count). The van der Waals surface area contributed by atoms with Crippen LogP contribution < -0.4 is 4.90 Å². The van der Waals surface area contributed by atoms with Crippen molar-refractivity contribution in [3.8, 4) is 0 Å². The van der Waals surface area contributed by atoms with E-state index in [1.165, 1.54) is 28.0 Å². The molecule has 1 unspecified atom stereocenters. The summed E-state index contributed by atoms with van der Waals surface area (Å²) >= 11 is 0. The topological polar surface area (TPSA) is 6.48 Å². The first-order valence-corrected chi connectivity index (χ1v) is 8.72. The molecule has 1 aliphatic heterocycles. The Morgan fingerprint density at radius 1 is 0.913 bits per heavy atom. The van der Waals surface area contributed by atoms with Crippen molar-refractivity contribution in [3.63, 3.8) is 0 Å². The molecule has 0 spiro atoms. The van der Waals surface area contributed by atoms with Gasteiger partial charge >= 0.3 is 0 Å². The van der Waals surface area contributed by atoms with Gasteiger partial charge in [0.1, 0.15) is 5.66 Å². The molecule has 1 aliphatic carbocycles. The van der Waals surface area contributed by atoms with Gasteiger partial charge in [-0.25, -0.2) is 0 Å². The van der Waals surface area contributed by atoms with E-state index < -0.39 is 0 Å². The van der Waals surface area contributed by atoms with Crippen LogP contribution in [0.5, 0.6) is 0 Å². The largest absolute Gasteiger partial charge is 0.345 e. The molecule has 1 heterocycles. The fourth-order valence-electron chi connectivity index (χ4n) is 4.60. The normalized spacial score (nSPS) is 21.2. The summed E-state index contributed by atoms with van der Waals surface area (Å²) in [7, 11) is 0. The number of rotatable bonds is 4. The smallest absolute Gasteiger partial charge is 0.147 e. The number of benzene rings is 2. The Bertz CT molecular complexity index is 773. The maximum atomic E-state index is 2.61. The number of para-hydroxylation sites is 1. The van der Waals surface area contributed by atoms with Gasteiger partial charge in [-0.3, -0.25) is 4.90 Å². The van der Waals surface area contributed by atoms with Crippen LogP contribution in [0.4, 0.5) is 5.69 Å². The van der Waals surface area contributed by atoms with E-state index in [-0.39, 0.29) is 5.66 Å². The summed E-state index contributed by atoms with van der Waals surface area (Å²) in [6.45, 7) is 9.88. The van der Waals surface area contributed by atoms with E-state index in [0.29, 0.717) is 0 Å². The van der Waals surface area contributed by atoms with E-state index in [1.807, 2.05) is 0 Å². The van der Waals surface area contributed by atoms with E-state index in [1.54, 1.807) is 0 Å². The van der Waals surface area contributed by atoms with E-state index in [9.17, 15) is 0 Å². The summed E-state index contributed by atoms with van der Waals surface area (Å²) in [5.74, 6) is 0. The maximum Gasteiger partial charge on any atom is 0.147 e. The molecule has 2 aromatic carbocycles. The molecule has 0 aromatic heterocycles. The molecule has 2 nitrogen and oxygen atoms in total. The predicted octanol–water partition coefficient (Wildman–Crippen LogP) is 4.58. The van der Waals surface area contributed by atoms with E-state index in [4.69, 9.17) is 0 Å². The fourth-order valence-corrected chi connectivity index (χ4v) is 4.60. The van der Waals surface area contributed by atoms with Gasteiger partial charge < -0.3 is 4.90 Å². The molecule has 0 bridgehead atoms. The van der Waals surface area contributed by atoms with Crippen LogP contribution in [0.25, 0.3) is 11.6 Å². The lowest BCUT2D eigenvalue weighted by atomic mass is 9.92. The van der Waals surface area contributed by atoms with Crippen LogP contribution in [-0.2, 0) is 5.66 Å². The first-order chi connectivity index (χ1) is 11.3. The SMILES string of the molecule is CCN(CC)C12C(=Cc3ccccc31)c1ccccc1N2CC. The third-order valence-corrected chi connectivity index (χ3v) is 5.42. The van der Waals surface area contributed by atoms with Crippen LogP contribution in [0.2, 0.25) is 0 Å². The molecule has 0 radical (unpaired) electrons. The lowest BCUT2D eigenvalue weighted by molar-refractivity contribution is 0.157. The van der Waals surface area contributed by atoms with Gasteiger partial charge in [0.2, 0.25) is 0 Å². The third kappa shape index (κ3) is 1.67. The van der Waals surface area contributed by atoms with Crippen LogP contribution in [0, 0.1) is 0 Å². The molecule has 0 amide bonds. The van der Waals surface area contributed by atoms with Crippen molar-refractivity contribution in [3.05, 3.63) is 65.2 Å². The van der Waals surface area contributed by atoms with Gasteiger partial charge in [0.15, 0.2) is 0 Å². The van der Waals surface area contributed by atoms with Gasteiger partial charge in [0, 0.05) is 28.9 Å². The number of anilines is 1. The van der Waals surface area contributed by atoms with Crippen molar-refractivity contribution < 1.29 is 0 Å². The van der Waals surface area contributed by atoms with Crippen LogP contribution in [0.3, 0.4) is 0 Å². The monoisotopic (exact) mass is 304 g/mol. The Hall–Kier alpha value is -2.06. The van der Waals surface area contributed by atoms with Crippen molar-refractivity contribution in [2.45, 2.75) is 26.4 Å². The average molecular weight is 304 g/mol. The maximum absolute atomic E-state index is 2.61. The molecule has 0 saturated heterocycles. The molecule has 118 valence electrons. The average Bonchev–Trinajstić information content (AvgIpc) is 3.06. The highest BCUT2D eigenvalue weighted by Crippen LogP contribution is 2.58. The molecule has 23 heavy (non-hydrogen) atoms. The molecule has 2 heteroatoms. The van der Waals surface area contributed by atoms with Crippen LogP contribution in [-0.4, -0.2) is 24.5 Å². The fraction of sp³-hybridized carbons (Fsp3) is 0.333. The third-order valence-electron chi connectivity index (χ3n) is 5.42. The molecule has 0 saturated carbocycles. The quantitative estimate of drug-likeness (QED) is 0.816. The minimum atomic E-state index is -0.140. The van der Waals surface area contributed by atoms with E-state index in [2.05, 4.69) is 85.2 Å². The number of likely N-dealkylation sites (N-methyl/N-ethyl adjacent to an activating group) is 2. The lowest BCUT2D eigenvalue weighted by Gasteiger charge is -2.47. The number of nitrogens with zero attached hydrogens (tertiary/aromatic N) is 2.